The van der Waals surface area contributed by atoms with Gasteiger partial charge in [-0.25, -0.2) is 0 Å². The van der Waals surface area contributed by atoms with Crippen molar-refractivity contribution in [3.05, 3.63) is 60.2 Å². The molecule has 0 saturated carbocycles. The zero-order valence-corrected chi connectivity index (χ0v) is 19.0. The van der Waals surface area contributed by atoms with Crippen LogP contribution in [-0.4, -0.2) is 77.1 Å². The Morgan fingerprint density at radius 3 is 2.70 bits per heavy atom. The van der Waals surface area contributed by atoms with Gasteiger partial charge in [0.1, 0.15) is 0 Å². The van der Waals surface area contributed by atoms with Crippen LogP contribution in [0.3, 0.4) is 0 Å². The van der Waals surface area contributed by atoms with Crippen molar-refractivity contribution < 1.29 is 19.1 Å². The second-order valence-electron chi connectivity index (χ2n) is 8.74. The lowest BCUT2D eigenvalue weighted by Gasteiger charge is -2.30. The lowest BCUT2D eigenvalue weighted by Crippen LogP contribution is -2.42. The van der Waals surface area contributed by atoms with Gasteiger partial charge in [0.2, 0.25) is 11.8 Å². The molecule has 1 atom stereocenters. The Morgan fingerprint density at radius 2 is 1.94 bits per heavy atom. The third kappa shape index (κ3) is 7.07. The maximum absolute atomic E-state index is 13.1. The predicted molar refractivity (Wildman–Crippen MR) is 122 cm³/mol. The number of hydrogen-bond acceptors (Lipinski definition) is 6. The van der Waals surface area contributed by atoms with Crippen LogP contribution in [0.2, 0.25) is 0 Å². The molecule has 2 fully saturated rings. The molecular formula is C25H32N4O4. The fourth-order valence-corrected chi connectivity index (χ4v) is 4.33. The van der Waals surface area contributed by atoms with Crippen LogP contribution in [0.15, 0.2) is 48.9 Å². The number of nitrogens with zero attached hydrogens (tertiary/aromatic N) is 4. The summed E-state index contributed by atoms with van der Waals surface area (Å²) in [5.74, 6) is 0.353. The van der Waals surface area contributed by atoms with Gasteiger partial charge in [-0.15, -0.1) is 0 Å². The molecule has 0 N–H and O–H groups in total. The van der Waals surface area contributed by atoms with Gasteiger partial charge >= 0.3 is 0 Å². The van der Waals surface area contributed by atoms with E-state index in [0.29, 0.717) is 38.6 Å². The second-order valence-corrected chi connectivity index (χ2v) is 8.74. The van der Waals surface area contributed by atoms with E-state index in [4.69, 9.17) is 9.47 Å². The minimum Gasteiger partial charge on any atom is -0.381 e. The summed E-state index contributed by atoms with van der Waals surface area (Å²) < 4.78 is 11.7. The Kier molecular flexibility index (Phi) is 8.38. The molecule has 176 valence electrons. The van der Waals surface area contributed by atoms with E-state index >= 15 is 0 Å². The zero-order chi connectivity index (χ0) is 22.9. The first-order valence-electron chi connectivity index (χ1n) is 11.7. The van der Waals surface area contributed by atoms with E-state index in [1.165, 1.54) is 0 Å². The molecule has 2 aliphatic rings. The van der Waals surface area contributed by atoms with Gasteiger partial charge in [-0.3, -0.25) is 19.6 Å². The summed E-state index contributed by atoms with van der Waals surface area (Å²) in [6.45, 7) is 3.62. The van der Waals surface area contributed by atoms with E-state index in [1.807, 2.05) is 35.2 Å². The highest BCUT2D eigenvalue weighted by Gasteiger charge is 2.32. The van der Waals surface area contributed by atoms with Crippen LogP contribution in [0.4, 0.5) is 0 Å². The highest BCUT2D eigenvalue weighted by atomic mass is 16.5. The summed E-state index contributed by atoms with van der Waals surface area (Å²) in [4.78, 5) is 38.0. The number of amides is 2. The van der Waals surface area contributed by atoms with Crippen LogP contribution >= 0.6 is 0 Å². The molecule has 3 heterocycles. The molecule has 0 radical (unpaired) electrons. The van der Waals surface area contributed by atoms with Crippen molar-refractivity contribution >= 4 is 11.8 Å². The molecule has 0 unspecified atom stereocenters. The fraction of sp³-hybridized carbons (Fsp3) is 0.520. The molecule has 4 rings (SSSR count). The third-order valence-corrected chi connectivity index (χ3v) is 6.24. The van der Waals surface area contributed by atoms with Crippen LogP contribution in [0.1, 0.15) is 30.5 Å². The second kappa shape index (κ2) is 11.9. The fourth-order valence-electron chi connectivity index (χ4n) is 4.33. The molecule has 0 aliphatic carbocycles. The summed E-state index contributed by atoms with van der Waals surface area (Å²) in [5.41, 5.74) is 1.84. The van der Waals surface area contributed by atoms with Crippen molar-refractivity contribution in [2.24, 2.45) is 5.92 Å². The predicted octanol–water partition coefficient (Wildman–Crippen LogP) is 2.09. The van der Waals surface area contributed by atoms with Crippen LogP contribution < -0.4 is 0 Å². The largest absolute Gasteiger partial charge is 0.381 e. The number of hydrogen-bond donors (Lipinski definition) is 0. The Balaban J connectivity index is 1.41. The summed E-state index contributed by atoms with van der Waals surface area (Å²) in [6, 6.07) is 9.97. The summed E-state index contributed by atoms with van der Waals surface area (Å²) in [6.07, 6.45) is 7.37. The van der Waals surface area contributed by atoms with Gasteiger partial charge < -0.3 is 19.3 Å². The van der Waals surface area contributed by atoms with E-state index in [9.17, 15) is 9.59 Å². The number of ether oxygens (including phenoxy) is 2. The molecular weight excluding hydrogens is 420 g/mol. The maximum Gasteiger partial charge on any atom is 0.242 e. The normalized spacial score (nSPS) is 20.0. The van der Waals surface area contributed by atoms with E-state index in [-0.39, 0.29) is 30.9 Å². The van der Waals surface area contributed by atoms with Crippen LogP contribution in [0.25, 0.3) is 0 Å². The minimum absolute atomic E-state index is 0.0137. The molecule has 2 saturated heterocycles. The van der Waals surface area contributed by atoms with Crippen molar-refractivity contribution in [2.45, 2.75) is 38.4 Å². The molecule has 33 heavy (non-hydrogen) atoms. The van der Waals surface area contributed by atoms with Crippen LogP contribution in [-0.2, 0) is 32.1 Å². The van der Waals surface area contributed by atoms with Gasteiger partial charge in [-0.2, -0.15) is 0 Å². The first kappa shape index (κ1) is 23.3. The van der Waals surface area contributed by atoms with E-state index in [0.717, 1.165) is 37.3 Å². The molecule has 2 aliphatic heterocycles. The topological polar surface area (TPSA) is 84.9 Å². The summed E-state index contributed by atoms with van der Waals surface area (Å²) >= 11 is 0. The molecule has 8 nitrogen and oxygen atoms in total. The number of carbonyl (C=O) groups is 2. The molecule has 1 aromatic carbocycles. The standard InChI is InChI=1S/C25H32N4O4/c30-24(7-6-22-14-26-10-11-27-22)29-17-23(33-19-21-4-2-1-3-5-21)16-28(25(31)18-29)15-20-8-12-32-13-9-20/h1-5,10-11,14,20,23H,6-9,12-13,15-19H2/t23-/m1/s1. The average molecular weight is 453 g/mol. The zero-order valence-electron chi connectivity index (χ0n) is 19.0. The van der Waals surface area contributed by atoms with Gasteiger partial charge in [0.25, 0.3) is 0 Å². The minimum atomic E-state index is -0.239. The molecule has 0 spiro atoms. The first-order valence-corrected chi connectivity index (χ1v) is 11.7. The number of carbonyl (C=O) groups excluding carboxylic acids is 2. The Hall–Kier alpha value is -2.84. The van der Waals surface area contributed by atoms with Crippen LogP contribution in [0, 0.1) is 5.92 Å². The highest BCUT2D eigenvalue weighted by Crippen LogP contribution is 2.19. The van der Waals surface area contributed by atoms with Gasteiger partial charge in [-0.05, 0) is 30.7 Å². The lowest BCUT2D eigenvalue weighted by molar-refractivity contribution is -0.139. The van der Waals surface area contributed by atoms with Crippen LogP contribution in [0.5, 0.6) is 0 Å². The van der Waals surface area contributed by atoms with E-state index in [1.54, 1.807) is 23.5 Å². The van der Waals surface area contributed by atoms with Gasteiger partial charge in [0.15, 0.2) is 0 Å². The SMILES string of the molecule is O=C(CCc1cnccn1)N1CC(=O)N(CC2CCOCC2)C[C@@H](OCc2ccccc2)C1. The van der Waals surface area contributed by atoms with Crippen molar-refractivity contribution in [3.63, 3.8) is 0 Å². The van der Waals surface area contributed by atoms with E-state index < -0.39 is 0 Å². The maximum atomic E-state index is 13.1. The highest BCUT2D eigenvalue weighted by molar-refractivity contribution is 5.85. The Morgan fingerprint density at radius 1 is 1.12 bits per heavy atom. The van der Waals surface area contributed by atoms with Gasteiger partial charge in [-0.1, -0.05) is 30.3 Å². The number of aryl methyl sites for hydroxylation is 1. The molecule has 2 amide bonds. The lowest BCUT2D eigenvalue weighted by atomic mass is 9.99. The first-order chi connectivity index (χ1) is 16.2. The van der Waals surface area contributed by atoms with Crippen molar-refractivity contribution in [3.8, 4) is 0 Å². The van der Waals surface area contributed by atoms with Gasteiger partial charge in [0, 0.05) is 57.9 Å². The quantitative estimate of drug-likeness (QED) is 0.610. The van der Waals surface area contributed by atoms with Gasteiger partial charge in [0.05, 0.1) is 24.9 Å². The van der Waals surface area contributed by atoms with E-state index in [2.05, 4.69) is 9.97 Å². The number of benzene rings is 1. The Bertz CT molecular complexity index is 890. The number of rotatable bonds is 8. The number of aromatic nitrogens is 2. The van der Waals surface area contributed by atoms with Crippen molar-refractivity contribution in [1.82, 2.24) is 19.8 Å². The molecule has 8 heteroatoms. The Labute approximate surface area is 194 Å². The average Bonchev–Trinajstić information content (AvgIpc) is 3.02. The summed E-state index contributed by atoms with van der Waals surface area (Å²) in [7, 11) is 0. The third-order valence-electron chi connectivity index (χ3n) is 6.24. The van der Waals surface area contributed by atoms with Crippen molar-refractivity contribution in [2.75, 3.05) is 39.4 Å². The monoisotopic (exact) mass is 452 g/mol. The van der Waals surface area contributed by atoms with Crippen molar-refractivity contribution in [1.29, 1.82) is 0 Å². The summed E-state index contributed by atoms with van der Waals surface area (Å²) in [5, 5.41) is 0. The molecule has 2 aromatic rings. The molecule has 1 aromatic heterocycles. The smallest absolute Gasteiger partial charge is 0.242 e. The molecule has 0 bridgehead atoms.